The second-order valence-corrected chi connectivity index (χ2v) is 6.02. The first-order valence-electron chi connectivity index (χ1n) is 6.11. The second-order valence-electron chi connectivity index (χ2n) is 4.16. The number of aryl methyl sites for hydroxylation is 1. The van der Waals surface area contributed by atoms with Gasteiger partial charge in [-0.1, -0.05) is 29.7 Å². The fourth-order valence-electron chi connectivity index (χ4n) is 1.67. The van der Waals surface area contributed by atoms with Gasteiger partial charge in [-0.05, 0) is 17.7 Å². The van der Waals surface area contributed by atoms with Gasteiger partial charge in [-0.25, -0.2) is 0 Å². The van der Waals surface area contributed by atoms with Crippen LogP contribution in [0.3, 0.4) is 0 Å². The molecular formula is C13H15ClN2O3S. The Hall–Kier alpha value is -1.40. The van der Waals surface area contributed by atoms with Crippen LogP contribution in [0, 0.1) is 0 Å². The van der Waals surface area contributed by atoms with Gasteiger partial charge in [0, 0.05) is 23.0 Å². The quantitative estimate of drug-likeness (QED) is 0.820. The molecule has 5 nitrogen and oxygen atoms in total. The summed E-state index contributed by atoms with van der Waals surface area (Å²) in [5.74, 6) is 2.29. The molecule has 0 fully saturated rings. The Bertz CT molecular complexity index is 615. The summed E-state index contributed by atoms with van der Waals surface area (Å²) in [6, 6.07) is 5.36. The van der Waals surface area contributed by atoms with Crippen molar-refractivity contribution in [3.63, 3.8) is 0 Å². The van der Waals surface area contributed by atoms with Crippen LogP contribution in [-0.2, 0) is 28.7 Å². The molecule has 20 heavy (non-hydrogen) atoms. The van der Waals surface area contributed by atoms with Gasteiger partial charge in [0.15, 0.2) is 5.82 Å². The highest BCUT2D eigenvalue weighted by Crippen LogP contribution is 2.25. The van der Waals surface area contributed by atoms with E-state index in [1.807, 2.05) is 13.0 Å². The van der Waals surface area contributed by atoms with Crippen LogP contribution in [0.15, 0.2) is 22.7 Å². The minimum Gasteiger partial charge on any atom is -0.495 e. The van der Waals surface area contributed by atoms with Gasteiger partial charge in [0.2, 0.25) is 5.89 Å². The van der Waals surface area contributed by atoms with Crippen molar-refractivity contribution in [3.8, 4) is 5.75 Å². The van der Waals surface area contributed by atoms with Crippen LogP contribution in [0.1, 0.15) is 24.2 Å². The van der Waals surface area contributed by atoms with Crippen LogP contribution in [0.5, 0.6) is 5.75 Å². The smallest absolute Gasteiger partial charge is 0.226 e. The molecule has 7 heteroatoms. The molecule has 0 unspecified atom stereocenters. The third-order valence-electron chi connectivity index (χ3n) is 2.65. The minimum atomic E-state index is -1.11. The molecule has 0 saturated heterocycles. The van der Waals surface area contributed by atoms with Crippen molar-refractivity contribution in [2.24, 2.45) is 0 Å². The summed E-state index contributed by atoms with van der Waals surface area (Å²) in [4.78, 5) is 4.14. The molecule has 0 saturated carbocycles. The van der Waals surface area contributed by atoms with Gasteiger partial charge in [-0.3, -0.25) is 4.21 Å². The molecule has 0 spiro atoms. The molecule has 1 aromatic carbocycles. The highest BCUT2D eigenvalue weighted by atomic mass is 35.5. The maximum absolute atomic E-state index is 12.1. The Balaban J connectivity index is 1.99. The zero-order valence-electron chi connectivity index (χ0n) is 11.3. The summed E-state index contributed by atoms with van der Waals surface area (Å²) in [6.07, 6.45) is 0.674. The number of hydrogen-bond acceptors (Lipinski definition) is 5. The van der Waals surface area contributed by atoms with E-state index in [0.717, 1.165) is 5.56 Å². The molecule has 0 aliphatic heterocycles. The van der Waals surface area contributed by atoms with Crippen LogP contribution < -0.4 is 4.74 Å². The number of methoxy groups -OCH3 is 1. The molecule has 1 aromatic heterocycles. The third kappa shape index (κ3) is 3.80. The lowest BCUT2D eigenvalue weighted by molar-refractivity contribution is 0.378. The number of aromatic nitrogens is 2. The van der Waals surface area contributed by atoms with Crippen molar-refractivity contribution >= 4 is 22.4 Å². The zero-order valence-corrected chi connectivity index (χ0v) is 12.8. The zero-order chi connectivity index (χ0) is 14.5. The van der Waals surface area contributed by atoms with Gasteiger partial charge in [-0.15, -0.1) is 0 Å². The Kier molecular flexibility index (Phi) is 5.14. The number of nitrogens with zero attached hydrogens (tertiary/aromatic N) is 2. The lowest BCUT2D eigenvalue weighted by Crippen LogP contribution is -2.01. The lowest BCUT2D eigenvalue weighted by atomic mass is 10.2. The Morgan fingerprint density at radius 1 is 1.40 bits per heavy atom. The normalized spacial score (nSPS) is 12.3. The standard InChI is InChI=1S/C13H15ClN2O3S/c1-3-13-15-12(16-19-13)8-20(17)7-9-4-5-11(18-2)10(14)6-9/h4-6H,3,7-8H2,1-2H3/t20-/m1/s1. The van der Waals surface area contributed by atoms with E-state index in [9.17, 15) is 4.21 Å². The van der Waals surface area contributed by atoms with E-state index in [0.29, 0.717) is 34.7 Å². The number of rotatable bonds is 6. The summed E-state index contributed by atoms with van der Waals surface area (Å²) >= 11 is 6.03. The number of ether oxygens (including phenoxy) is 1. The van der Waals surface area contributed by atoms with Crippen LogP contribution in [0.25, 0.3) is 0 Å². The first-order chi connectivity index (χ1) is 9.62. The molecule has 1 atom stereocenters. The van der Waals surface area contributed by atoms with Gasteiger partial charge in [0.1, 0.15) is 5.75 Å². The van der Waals surface area contributed by atoms with Crippen molar-refractivity contribution in [1.29, 1.82) is 0 Å². The first-order valence-corrected chi connectivity index (χ1v) is 7.97. The van der Waals surface area contributed by atoms with Crippen molar-refractivity contribution < 1.29 is 13.5 Å². The molecule has 0 aliphatic carbocycles. The summed E-state index contributed by atoms with van der Waals surface area (Å²) < 4.78 is 22.1. The molecule has 0 bridgehead atoms. The van der Waals surface area contributed by atoms with Gasteiger partial charge in [0.25, 0.3) is 0 Å². The maximum atomic E-state index is 12.1. The molecule has 2 aromatic rings. The van der Waals surface area contributed by atoms with Crippen molar-refractivity contribution in [1.82, 2.24) is 10.1 Å². The first kappa shape index (κ1) is 15.0. The topological polar surface area (TPSA) is 65.2 Å². The summed E-state index contributed by atoms with van der Waals surface area (Å²) in [6.45, 7) is 1.92. The summed E-state index contributed by atoms with van der Waals surface area (Å²) in [7, 11) is 0.444. The van der Waals surface area contributed by atoms with Crippen molar-refractivity contribution in [2.45, 2.75) is 24.9 Å². The van der Waals surface area contributed by atoms with E-state index in [1.165, 1.54) is 0 Å². The van der Waals surface area contributed by atoms with Crippen LogP contribution in [0.2, 0.25) is 5.02 Å². The molecule has 1 heterocycles. The molecule has 0 aliphatic rings. The Morgan fingerprint density at radius 3 is 2.80 bits per heavy atom. The molecular weight excluding hydrogens is 300 g/mol. The van der Waals surface area contributed by atoms with Crippen LogP contribution >= 0.6 is 11.6 Å². The fourth-order valence-corrected chi connectivity index (χ4v) is 3.01. The van der Waals surface area contributed by atoms with Crippen molar-refractivity contribution in [2.75, 3.05) is 7.11 Å². The van der Waals surface area contributed by atoms with Gasteiger partial charge in [-0.2, -0.15) is 4.98 Å². The van der Waals surface area contributed by atoms with E-state index in [1.54, 1.807) is 19.2 Å². The molecule has 0 amide bonds. The van der Waals surface area contributed by atoms with Crippen molar-refractivity contribution in [3.05, 3.63) is 40.5 Å². The predicted molar refractivity (Wildman–Crippen MR) is 77.2 cm³/mol. The largest absolute Gasteiger partial charge is 0.495 e. The molecule has 2 rings (SSSR count). The van der Waals surface area contributed by atoms with Crippen LogP contribution in [-0.4, -0.2) is 21.5 Å². The van der Waals surface area contributed by atoms with Gasteiger partial charge in [0.05, 0.1) is 17.9 Å². The minimum absolute atomic E-state index is 0.271. The molecule has 0 radical (unpaired) electrons. The number of benzene rings is 1. The molecule has 0 N–H and O–H groups in total. The van der Waals surface area contributed by atoms with E-state index in [2.05, 4.69) is 10.1 Å². The average molecular weight is 315 g/mol. The predicted octanol–water partition coefficient (Wildman–Crippen LogP) is 2.74. The average Bonchev–Trinajstić information content (AvgIpc) is 2.86. The van der Waals surface area contributed by atoms with Gasteiger partial charge < -0.3 is 9.26 Å². The summed E-state index contributed by atoms with van der Waals surface area (Å²) in [5.41, 5.74) is 0.883. The fraction of sp³-hybridized carbons (Fsp3) is 0.385. The Morgan fingerprint density at radius 2 is 2.20 bits per heavy atom. The summed E-state index contributed by atoms with van der Waals surface area (Å²) in [5, 5.41) is 4.30. The SMILES string of the molecule is CCc1nc(C[S@](=O)Cc2ccc(OC)c(Cl)c2)no1. The maximum Gasteiger partial charge on any atom is 0.226 e. The van der Waals surface area contributed by atoms with E-state index in [-0.39, 0.29) is 5.75 Å². The number of hydrogen-bond donors (Lipinski definition) is 0. The number of halogens is 1. The van der Waals surface area contributed by atoms with E-state index in [4.69, 9.17) is 20.9 Å². The Labute approximate surface area is 124 Å². The lowest BCUT2D eigenvalue weighted by Gasteiger charge is -2.05. The monoisotopic (exact) mass is 314 g/mol. The van der Waals surface area contributed by atoms with E-state index < -0.39 is 10.8 Å². The second kappa shape index (κ2) is 6.85. The van der Waals surface area contributed by atoms with Crippen LogP contribution in [0.4, 0.5) is 0 Å². The van der Waals surface area contributed by atoms with E-state index >= 15 is 0 Å². The molecule has 108 valence electrons. The highest BCUT2D eigenvalue weighted by Gasteiger charge is 2.10. The third-order valence-corrected chi connectivity index (χ3v) is 4.18. The highest BCUT2D eigenvalue weighted by molar-refractivity contribution is 7.83. The van der Waals surface area contributed by atoms with Gasteiger partial charge >= 0.3 is 0 Å².